The van der Waals surface area contributed by atoms with Gasteiger partial charge in [-0.3, -0.25) is 4.90 Å². The van der Waals surface area contributed by atoms with E-state index < -0.39 is 0 Å². The van der Waals surface area contributed by atoms with E-state index in [1.165, 1.54) is 11.1 Å². The lowest BCUT2D eigenvalue weighted by Gasteiger charge is -2.30. The van der Waals surface area contributed by atoms with E-state index in [-0.39, 0.29) is 6.04 Å². The summed E-state index contributed by atoms with van der Waals surface area (Å²) in [5, 5.41) is 3.36. The standard InChI is InChI=1S/C15H25N3O/c1-11-8-13(15(19-3)9-12(11)2)14(16)10-18-6-4-17-5-7-18/h8-9,14,17H,4-7,10,16H2,1-3H3. The quantitative estimate of drug-likeness (QED) is 0.857. The topological polar surface area (TPSA) is 50.5 Å². The van der Waals surface area contributed by atoms with Gasteiger partial charge < -0.3 is 15.8 Å². The third-order valence-electron chi connectivity index (χ3n) is 3.91. The van der Waals surface area contributed by atoms with Gasteiger partial charge in [-0.05, 0) is 31.0 Å². The molecule has 0 radical (unpaired) electrons. The lowest BCUT2D eigenvalue weighted by atomic mass is 9.99. The predicted octanol–water partition coefficient (Wildman–Crippen LogP) is 1.22. The monoisotopic (exact) mass is 263 g/mol. The van der Waals surface area contributed by atoms with Gasteiger partial charge >= 0.3 is 0 Å². The highest BCUT2D eigenvalue weighted by Gasteiger charge is 2.18. The molecule has 4 heteroatoms. The molecule has 3 N–H and O–H groups in total. The molecule has 1 aromatic carbocycles. The van der Waals surface area contributed by atoms with Crippen molar-refractivity contribution in [3.63, 3.8) is 0 Å². The summed E-state index contributed by atoms with van der Waals surface area (Å²) in [5.74, 6) is 0.908. The molecule has 1 heterocycles. The molecule has 1 fully saturated rings. The highest BCUT2D eigenvalue weighted by Crippen LogP contribution is 2.27. The van der Waals surface area contributed by atoms with E-state index in [1.807, 2.05) is 0 Å². The molecule has 0 aliphatic carbocycles. The summed E-state index contributed by atoms with van der Waals surface area (Å²) in [6.45, 7) is 9.36. The van der Waals surface area contributed by atoms with Crippen LogP contribution in [-0.4, -0.2) is 44.7 Å². The summed E-state index contributed by atoms with van der Waals surface area (Å²) in [6, 6.07) is 4.26. The van der Waals surface area contributed by atoms with Crippen LogP contribution in [0.15, 0.2) is 12.1 Å². The number of rotatable bonds is 4. The van der Waals surface area contributed by atoms with E-state index in [4.69, 9.17) is 10.5 Å². The van der Waals surface area contributed by atoms with Crippen LogP contribution in [-0.2, 0) is 0 Å². The van der Waals surface area contributed by atoms with Gasteiger partial charge in [-0.15, -0.1) is 0 Å². The van der Waals surface area contributed by atoms with Crippen molar-refractivity contribution >= 4 is 0 Å². The number of aryl methyl sites for hydroxylation is 2. The lowest BCUT2D eigenvalue weighted by molar-refractivity contribution is 0.226. The van der Waals surface area contributed by atoms with Crippen LogP contribution >= 0.6 is 0 Å². The Bertz CT molecular complexity index is 428. The first kappa shape index (κ1) is 14.3. The molecule has 1 aliphatic heterocycles. The zero-order valence-electron chi connectivity index (χ0n) is 12.2. The van der Waals surface area contributed by atoms with Gasteiger partial charge in [-0.1, -0.05) is 6.07 Å². The first-order valence-corrected chi connectivity index (χ1v) is 6.95. The molecule has 0 amide bonds. The minimum Gasteiger partial charge on any atom is -0.496 e. The molecule has 1 atom stereocenters. The summed E-state index contributed by atoms with van der Waals surface area (Å²) in [6.07, 6.45) is 0. The summed E-state index contributed by atoms with van der Waals surface area (Å²) >= 11 is 0. The lowest BCUT2D eigenvalue weighted by Crippen LogP contribution is -2.46. The third-order valence-corrected chi connectivity index (χ3v) is 3.91. The Kier molecular flexibility index (Phi) is 4.80. The van der Waals surface area contributed by atoms with Crippen molar-refractivity contribution in [2.75, 3.05) is 39.8 Å². The van der Waals surface area contributed by atoms with E-state index in [2.05, 4.69) is 36.2 Å². The predicted molar refractivity (Wildman–Crippen MR) is 78.7 cm³/mol. The number of piperazine rings is 1. The second-order valence-electron chi connectivity index (χ2n) is 5.34. The molecular formula is C15H25N3O. The van der Waals surface area contributed by atoms with Gasteiger partial charge in [0.25, 0.3) is 0 Å². The van der Waals surface area contributed by atoms with Crippen molar-refractivity contribution in [1.29, 1.82) is 0 Å². The smallest absolute Gasteiger partial charge is 0.123 e. The third kappa shape index (κ3) is 3.47. The first-order valence-electron chi connectivity index (χ1n) is 6.95. The second-order valence-corrected chi connectivity index (χ2v) is 5.34. The number of hydrogen-bond donors (Lipinski definition) is 2. The number of nitrogens with zero attached hydrogens (tertiary/aromatic N) is 1. The van der Waals surface area contributed by atoms with Crippen LogP contribution in [0.5, 0.6) is 5.75 Å². The SMILES string of the molecule is COc1cc(C)c(C)cc1C(N)CN1CCNCC1. The summed E-state index contributed by atoms with van der Waals surface area (Å²) in [7, 11) is 1.71. The van der Waals surface area contributed by atoms with Crippen molar-refractivity contribution in [3.05, 3.63) is 28.8 Å². The molecule has 1 unspecified atom stereocenters. The number of ether oxygens (including phenoxy) is 1. The summed E-state index contributed by atoms with van der Waals surface area (Å²) in [5.41, 5.74) is 10.0. The maximum Gasteiger partial charge on any atom is 0.123 e. The Morgan fingerprint density at radius 1 is 1.26 bits per heavy atom. The minimum atomic E-state index is 0.00681. The number of methoxy groups -OCH3 is 1. The summed E-state index contributed by atoms with van der Waals surface area (Å²) in [4.78, 5) is 2.41. The molecule has 0 bridgehead atoms. The van der Waals surface area contributed by atoms with Gasteiger partial charge in [0.2, 0.25) is 0 Å². The van der Waals surface area contributed by atoms with E-state index in [0.717, 1.165) is 44.0 Å². The highest BCUT2D eigenvalue weighted by atomic mass is 16.5. The van der Waals surface area contributed by atoms with Crippen LogP contribution in [0.4, 0.5) is 0 Å². The first-order chi connectivity index (χ1) is 9.11. The number of benzene rings is 1. The van der Waals surface area contributed by atoms with E-state index in [0.29, 0.717) is 0 Å². The zero-order chi connectivity index (χ0) is 13.8. The Hall–Kier alpha value is -1.10. The minimum absolute atomic E-state index is 0.00681. The van der Waals surface area contributed by atoms with E-state index in [9.17, 15) is 0 Å². The van der Waals surface area contributed by atoms with Crippen molar-refractivity contribution in [2.24, 2.45) is 5.73 Å². The van der Waals surface area contributed by atoms with Crippen molar-refractivity contribution in [3.8, 4) is 5.75 Å². The Labute approximate surface area is 115 Å². The normalized spacial score (nSPS) is 18.3. The van der Waals surface area contributed by atoms with Gasteiger partial charge in [-0.2, -0.15) is 0 Å². The van der Waals surface area contributed by atoms with Gasteiger partial charge in [0.15, 0.2) is 0 Å². The molecule has 1 aromatic rings. The fraction of sp³-hybridized carbons (Fsp3) is 0.600. The average molecular weight is 263 g/mol. The molecule has 19 heavy (non-hydrogen) atoms. The van der Waals surface area contributed by atoms with E-state index in [1.54, 1.807) is 7.11 Å². The maximum absolute atomic E-state index is 6.38. The molecule has 1 aliphatic rings. The van der Waals surface area contributed by atoms with Gasteiger partial charge in [0.1, 0.15) is 5.75 Å². The number of nitrogens with two attached hydrogens (primary N) is 1. The molecule has 2 rings (SSSR count). The van der Waals surface area contributed by atoms with Crippen LogP contribution in [0.2, 0.25) is 0 Å². The number of hydrogen-bond acceptors (Lipinski definition) is 4. The van der Waals surface area contributed by atoms with Crippen LogP contribution < -0.4 is 15.8 Å². The van der Waals surface area contributed by atoms with Crippen molar-refractivity contribution in [1.82, 2.24) is 10.2 Å². The van der Waals surface area contributed by atoms with Crippen LogP contribution in [0, 0.1) is 13.8 Å². The van der Waals surface area contributed by atoms with Crippen LogP contribution in [0.1, 0.15) is 22.7 Å². The van der Waals surface area contributed by atoms with Crippen molar-refractivity contribution in [2.45, 2.75) is 19.9 Å². The zero-order valence-corrected chi connectivity index (χ0v) is 12.2. The van der Waals surface area contributed by atoms with Gasteiger partial charge in [-0.25, -0.2) is 0 Å². The van der Waals surface area contributed by atoms with Crippen LogP contribution in [0.25, 0.3) is 0 Å². The molecule has 0 aromatic heterocycles. The highest BCUT2D eigenvalue weighted by molar-refractivity contribution is 5.43. The molecule has 0 spiro atoms. The Morgan fingerprint density at radius 2 is 1.89 bits per heavy atom. The van der Waals surface area contributed by atoms with Crippen LogP contribution in [0.3, 0.4) is 0 Å². The largest absolute Gasteiger partial charge is 0.496 e. The van der Waals surface area contributed by atoms with Gasteiger partial charge in [0, 0.05) is 44.3 Å². The fourth-order valence-corrected chi connectivity index (χ4v) is 2.55. The Balaban J connectivity index is 2.13. The number of nitrogens with one attached hydrogen (secondary N) is 1. The molecule has 106 valence electrons. The average Bonchev–Trinajstić information content (AvgIpc) is 2.42. The molecular weight excluding hydrogens is 238 g/mol. The molecule has 1 saturated heterocycles. The second kappa shape index (κ2) is 6.37. The Morgan fingerprint density at radius 3 is 2.53 bits per heavy atom. The maximum atomic E-state index is 6.38. The molecule has 4 nitrogen and oxygen atoms in total. The molecule has 0 saturated carbocycles. The van der Waals surface area contributed by atoms with Crippen molar-refractivity contribution < 1.29 is 4.74 Å². The fourth-order valence-electron chi connectivity index (χ4n) is 2.55. The summed E-state index contributed by atoms with van der Waals surface area (Å²) < 4.78 is 5.48. The van der Waals surface area contributed by atoms with E-state index >= 15 is 0 Å². The van der Waals surface area contributed by atoms with Gasteiger partial charge in [0.05, 0.1) is 7.11 Å².